The zero-order valence-electron chi connectivity index (χ0n) is 13.0. The lowest BCUT2D eigenvalue weighted by atomic mass is 9.99. The summed E-state index contributed by atoms with van der Waals surface area (Å²) in [5.74, 6) is 0.669. The average molecular weight is 298 g/mol. The van der Waals surface area contributed by atoms with E-state index in [-0.39, 0.29) is 11.4 Å². The Balaban J connectivity index is 2.73. The van der Waals surface area contributed by atoms with E-state index < -0.39 is 0 Å². The van der Waals surface area contributed by atoms with Gasteiger partial charge in [-0.05, 0) is 26.2 Å². The van der Waals surface area contributed by atoms with Crippen LogP contribution in [0.15, 0.2) is 0 Å². The van der Waals surface area contributed by atoms with Crippen molar-refractivity contribution in [1.82, 2.24) is 10.3 Å². The molecule has 1 amide bonds. The van der Waals surface area contributed by atoms with Crippen molar-refractivity contribution in [2.24, 2.45) is 5.92 Å². The number of hydrogen-bond donors (Lipinski definition) is 3. The maximum Gasteiger partial charge on any atom is 0.265 e. The van der Waals surface area contributed by atoms with Crippen molar-refractivity contribution >= 4 is 28.2 Å². The lowest BCUT2D eigenvalue weighted by molar-refractivity contribution is 0.0914. The lowest BCUT2D eigenvalue weighted by Gasteiger charge is -2.25. The summed E-state index contributed by atoms with van der Waals surface area (Å²) in [6.45, 7) is 11.2. The second-order valence-electron chi connectivity index (χ2n) is 6.10. The van der Waals surface area contributed by atoms with Crippen LogP contribution in [0.25, 0.3) is 0 Å². The summed E-state index contributed by atoms with van der Waals surface area (Å²) in [5.41, 5.74) is 5.61. The molecule has 1 aromatic rings. The van der Waals surface area contributed by atoms with E-state index >= 15 is 0 Å². The molecule has 0 aromatic carbocycles. The normalized spacial score (nSPS) is 11.7. The van der Waals surface area contributed by atoms with E-state index in [2.05, 4.69) is 36.4 Å². The number of carbonyl (C=O) groups is 1. The van der Waals surface area contributed by atoms with Gasteiger partial charge in [0.05, 0.1) is 0 Å². The van der Waals surface area contributed by atoms with Gasteiger partial charge in [0.25, 0.3) is 5.91 Å². The van der Waals surface area contributed by atoms with E-state index in [9.17, 15) is 4.79 Å². The molecule has 1 rings (SSSR count). The van der Waals surface area contributed by atoms with E-state index in [0.717, 1.165) is 19.4 Å². The Morgan fingerprint density at radius 2 is 2.10 bits per heavy atom. The summed E-state index contributed by atoms with van der Waals surface area (Å²) >= 11 is 1.31. The summed E-state index contributed by atoms with van der Waals surface area (Å²) in [6.07, 6.45) is 1.95. The fraction of sp³-hybridized carbons (Fsp3) is 0.714. The van der Waals surface area contributed by atoms with Gasteiger partial charge in [0.15, 0.2) is 5.13 Å². The van der Waals surface area contributed by atoms with Gasteiger partial charge in [-0.15, -0.1) is 0 Å². The van der Waals surface area contributed by atoms with Gasteiger partial charge in [-0.3, -0.25) is 4.79 Å². The number of anilines is 2. The van der Waals surface area contributed by atoms with Crippen molar-refractivity contribution in [2.45, 2.75) is 53.0 Å². The minimum absolute atomic E-state index is 0.143. The van der Waals surface area contributed by atoms with Crippen molar-refractivity contribution in [3.63, 3.8) is 0 Å². The van der Waals surface area contributed by atoms with Crippen LogP contribution in [-0.4, -0.2) is 23.0 Å². The first kappa shape index (κ1) is 16.8. The predicted octanol–water partition coefficient (Wildman–Crippen LogP) is 3.10. The SMILES string of the molecule is CCCC(C)(C)NC(=O)c1sc(NCC(C)C)nc1N. The number of nitrogen functional groups attached to an aromatic ring is 1. The Kier molecular flexibility index (Phi) is 5.80. The van der Waals surface area contributed by atoms with Crippen LogP contribution in [0.3, 0.4) is 0 Å². The first-order valence-corrected chi connectivity index (χ1v) is 7.89. The van der Waals surface area contributed by atoms with Crippen molar-refractivity contribution in [2.75, 3.05) is 17.6 Å². The van der Waals surface area contributed by atoms with E-state index in [1.54, 1.807) is 0 Å². The molecule has 0 saturated heterocycles. The predicted molar refractivity (Wildman–Crippen MR) is 86.3 cm³/mol. The molecule has 5 nitrogen and oxygen atoms in total. The molecule has 0 atom stereocenters. The molecular weight excluding hydrogens is 272 g/mol. The number of carbonyl (C=O) groups excluding carboxylic acids is 1. The third kappa shape index (κ3) is 5.00. The molecule has 1 heterocycles. The molecule has 4 N–H and O–H groups in total. The molecular formula is C14H26N4OS. The number of thiazole rings is 1. The number of nitrogens with zero attached hydrogens (tertiary/aromatic N) is 1. The standard InChI is InChI=1S/C14H26N4OS/c1-6-7-14(4,5)18-12(19)10-11(15)17-13(20-10)16-8-9(2)3/h9H,6-8,15H2,1-5H3,(H,16,17)(H,18,19). The summed E-state index contributed by atoms with van der Waals surface area (Å²) in [4.78, 5) is 16.9. The Labute approximate surface area is 125 Å². The van der Waals surface area contributed by atoms with Crippen LogP contribution in [-0.2, 0) is 0 Å². The highest BCUT2D eigenvalue weighted by Gasteiger charge is 2.23. The van der Waals surface area contributed by atoms with Crippen molar-refractivity contribution in [1.29, 1.82) is 0 Å². The molecule has 6 heteroatoms. The Hall–Kier alpha value is -1.30. The largest absolute Gasteiger partial charge is 0.382 e. The number of rotatable bonds is 7. The molecule has 0 spiro atoms. The van der Waals surface area contributed by atoms with E-state index in [1.165, 1.54) is 11.3 Å². The van der Waals surface area contributed by atoms with Crippen LogP contribution in [0.4, 0.5) is 10.9 Å². The highest BCUT2D eigenvalue weighted by Crippen LogP contribution is 2.26. The molecule has 0 radical (unpaired) electrons. The van der Waals surface area contributed by atoms with Gasteiger partial charge in [-0.25, -0.2) is 4.98 Å². The van der Waals surface area contributed by atoms with Gasteiger partial charge < -0.3 is 16.4 Å². The fourth-order valence-electron chi connectivity index (χ4n) is 1.91. The quantitative estimate of drug-likeness (QED) is 0.722. The van der Waals surface area contributed by atoms with E-state index in [4.69, 9.17) is 5.73 Å². The highest BCUT2D eigenvalue weighted by atomic mass is 32.1. The minimum Gasteiger partial charge on any atom is -0.382 e. The molecule has 0 aliphatic carbocycles. The van der Waals surface area contributed by atoms with Crippen molar-refractivity contribution < 1.29 is 4.79 Å². The fourth-order valence-corrected chi connectivity index (χ4v) is 2.70. The second-order valence-corrected chi connectivity index (χ2v) is 7.10. The number of nitrogens with one attached hydrogen (secondary N) is 2. The molecule has 0 saturated carbocycles. The number of aromatic nitrogens is 1. The summed E-state index contributed by atoms with van der Waals surface area (Å²) in [7, 11) is 0. The Bertz CT molecular complexity index is 454. The van der Waals surface area contributed by atoms with E-state index in [1.807, 2.05) is 13.8 Å². The zero-order chi connectivity index (χ0) is 15.3. The highest BCUT2D eigenvalue weighted by molar-refractivity contribution is 7.18. The molecule has 0 unspecified atom stereocenters. The summed E-state index contributed by atoms with van der Waals surface area (Å²) in [6, 6.07) is 0. The smallest absolute Gasteiger partial charge is 0.265 e. The first-order valence-electron chi connectivity index (χ1n) is 7.08. The zero-order valence-corrected chi connectivity index (χ0v) is 13.9. The summed E-state index contributed by atoms with van der Waals surface area (Å²) < 4.78 is 0. The molecule has 20 heavy (non-hydrogen) atoms. The van der Waals surface area contributed by atoms with Gasteiger partial charge in [-0.2, -0.15) is 0 Å². The van der Waals surface area contributed by atoms with Gasteiger partial charge >= 0.3 is 0 Å². The van der Waals surface area contributed by atoms with Crippen LogP contribution in [0.1, 0.15) is 57.1 Å². The van der Waals surface area contributed by atoms with Gasteiger partial charge in [0, 0.05) is 12.1 Å². The number of nitrogens with two attached hydrogens (primary N) is 1. The first-order chi connectivity index (χ1) is 9.25. The van der Waals surface area contributed by atoms with Crippen molar-refractivity contribution in [3.8, 4) is 0 Å². The van der Waals surface area contributed by atoms with Crippen LogP contribution in [0.5, 0.6) is 0 Å². The monoisotopic (exact) mass is 298 g/mol. The molecule has 114 valence electrons. The Morgan fingerprint density at radius 3 is 2.65 bits per heavy atom. The molecule has 1 aromatic heterocycles. The molecule has 0 aliphatic heterocycles. The van der Waals surface area contributed by atoms with Gasteiger partial charge in [0.1, 0.15) is 10.7 Å². The average Bonchev–Trinajstić information content (AvgIpc) is 2.67. The molecule has 0 bridgehead atoms. The third-order valence-electron chi connectivity index (χ3n) is 2.85. The Morgan fingerprint density at radius 1 is 1.45 bits per heavy atom. The minimum atomic E-state index is -0.228. The topological polar surface area (TPSA) is 80.0 Å². The van der Waals surface area contributed by atoms with E-state index in [0.29, 0.717) is 21.7 Å². The van der Waals surface area contributed by atoms with Gasteiger partial charge in [0.2, 0.25) is 0 Å². The van der Waals surface area contributed by atoms with Crippen LogP contribution in [0.2, 0.25) is 0 Å². The second kappa shape index (κ2) is 6.92. The van der Waals surface area contributed by atoms with Gasteiger partial charge in [-0.1, -0.05) is 38.5 Å². The van der Waals surface area contributed by atoms with Crippen LogP contribution < -0.4 is 16.4 Å². The van der Waals surface area contributed by atoms with Crippen LogP contribution >= 0.6 is 11.3 Å². The molecule has 0 fully saturated rings. The third-order valence-corrected chi connectivity index (χ3v) is 3.88. The maximum absolute atomic E-state index is 12.3. The maximum atomic E-state index is 12.3. The number of hydrogen-bond acceptors (Lipinski definition) is 5. The molecule has 0 aliphatic rings. The summed E-state index contributed by atoms with van der Waals surface area (Å²) in [5, 5.41) is 6.92. The lowest BCUT2D eigenvalue weighted by Crippen LogP contribution is -2.43. The van der Waals surface area contributed by atoms with Crippen molar-refractivity contribution in [3.05, 3.63) is 4.88 Å². The number of amides is 1. The van der Waals surface area contributed by atoms with Crippen LogP contribution in [0, 0.1) is 5.92 Å².